The van der Waals surface area contributed by atoms with E-state index in [1.54, 1.807) is 17.8 Å². The van der Waals surface area contributed by atoms with E-state index >= 15 is 0 Å². The molecule has 118 valence electrons. The molecule has 1 N–H and O–H groups in total. The van der Waals surface area contributed by atoms with Gasteiger partial charge in [0, 0.05) is 35.4 Å². The number of carbonyl (C=O) groups is 1. The molecule has 3 nitrogen and oxygen atoms in total. The summed E-state index contributed by atoms with van der Waals surface area (Å²) in [5, 5.41) is 4.60. The number of nitrogens with zero attached hydrogens (tertiary/aromatic N) is 1. The summed E-state index contributed by atoms with van der Waals surface area (Å²) in [5.41, 5.74) is 1.02. The number of rotatable bonds is 4. The zero-order chi connectivity index (χ0) is 14.4. The zero-order valence-corrected chi connectivity index (χ0v) is 14.8. The molecule has 0 bridgehead atoms. The largest absolute Gasteiger partial charge is 0.341 e. The van der Waals surface area contributed by atoms with Gasteiger partial charge in [-0.25, -0.2) is 0 Å². The van der Waals surface area contributed by atoms with Gasteiger partial charge in [0.15, 0.2) is 0 Å². The van der Waals surface area contributed by atoms with Crippen molar-refractivity contribution in [3.63, 3.8) is 0 Å². The quantitative estimate of drug-likeness (QED) is 0.882. The molecule has 0 spiro atoms. The van der Waals surface area contributed by atoms with Crippen LogP contribution in [0.4, 0.5) is 0 Å². The molecule has 1 amide bonds. The third-order valence-corrected chi connectivity index (χ3v) is 4.74. The van der Waals surface area contributed by atoms with Gasteiger partial charge in [-0.15, -0.1) is 24.2 Å². The fraction of sp³-hybridized carbons (Fsp3) is 0.500. The molecule has 1 aliphatic rings. The Hall–Kier alpha value is -0.130. The van der Waals surface area contributed by atoms with Crippen molar-refractivity contribution in [3.05, 3.63) is 33.8 Å². The van der Waals surface area contributed by atoms with E-state index in [1.165, 1.54) is 0 Å². The second-order valence-corrected chi connectivity index (χ2v) is 6.54. The third-order valence-electron chi connectivity index (χ3n) is 3.19. The Morgan fingerprint density at radius 2 is 2.10 bits per heavy atom. The van der Waals surface area contributed by atoms with Gasteiger partial charge < -0.3 is 10.2 Å². The summed E-state index contributed by atoms with van der Waals surface area (Å²) in [4.78, 5) is 14.0. The Balaban J connectivity index is 0.00000220. The van der Waals surface area contributed by atoms with Crippen LogP contribution in [0.15, 0.2) is 18.2 Å². The van der Waals surface area contributed by atoms with Crippen molar-refractivity contribution in [1.29, 1.82) is 0 Å². The minimum Gasteiger partial charge on any atom is -0.341 e. The molecule has 0 aliphatic carbocycles. The van der Waals surface area contributed by atoms with Gasteiger partial charge in [0.25, 0.3) is 0 Å². The number of halogens is 3. The van der Waals surface area contributed by atoms with E-state index in [9.17, 15) is 4.79 Å². The van der Waals surface area contributed by atoms with Crippen molar-refractivity contribution >= 4 is 53.3 Å². The van der Waals surface area contributed by atoms with Crippen LogP contribution in [0.2, 0.25) is 10.0 Å². The van der Waals surface area contributed by atoms with Crippen molar-refractivity contribution in [3.8, 4) is 0 Å². The molecule has 1 aromatic carbocycles. The molecule has 0 aromatic heterocycles. The first kappa shape index (κ1) is 18.9. The topological polar surface area (TPSA) is 32.3 Å². The van der Waals surface area contributed by atoms with Crippen LogP contribution in [0.3, 0.4) is 0 Å². The monoisotopic (exact) mass is 368 g/mol. The summed E-state index contributed by atoms with van der Waals surface area (Å²) in [6.45, 7) is 3.55. The van der Waals surface area contributed by atoms with Crippen molar-refractivity contribution in [2.24, 2.45) is 0 Å². The fourth-order valence-corrected chi connectivity index (χ4v) is 3.56. The summed E-state index contributed by atoms with van der Waals surface area (Å²) in [6.07, 6.45) is 1.03. The van der Waals surface area contributed by atoms with Crippen LogP contribution in [-0.4, -0.2) is 42.7 Å². The zero-order valence-electron chi connectivity index (χ0n) is 11.6. The number of hydrogen-bond donors (Lipinski definition) is 1. The second kappa shape index (κ2) is 9.80. The lowest BCUT2D eigenvalue weighted by Gasteiger charge is -2.19. The molecule has 1 fully saturated rings. The first-order valence-electron chi connectivity index (χ1n) is 6.67. The summed E-state index contributed by atoms with van der Waals surface area (Å²) < 4.78 is 0. The molecule has 0 unspecified atom stereocenters. The predicted octanol–water partition coefficient (Wildman–Crippen LogP) is 3.47. The van der Waals surface area contributed by atoms with Gasteiger partial charge in [-0.05, 0) is 30.7 Å². The summed E-state index contributed by atoms with van der Waals surface area (Å²) >= 11 is 13.6. The van der Waals surface area contributed by atoms with Gasteiger partial charge >= 0.3 is 0 Å². The van der Waals surface area contributed by atoms with Crippen LogP contribution in [0.1, 0.15) is 12.0 Å². The first-order chi connectivity index (χ1) is 9.66. The maximum absolute atomic E-state index is 12.1. The summed E-state index contributed by atoms with van der Waals surface area (Å²) in [5.74, 6) is 1.44. The van der Waals surface area contributed by atoms with Crippen molar-refractivity contribution in [1.82, 2.24) is 10.2 Å². The molecular formula is C14H19Cl3N2OS. The SMILES string of the molecule is Cl.O=C(CSCc1ccc(Cl)cc1Cl)N1CCCNCC1. The van der Waals surface area contributed by atoms with Crippen molar-refractivity contribution < 1.29 is 4.79 Å². The van der Waals surface area contributed by atoms with Gasteiger partial charge in [-0.3, -0.25) is 4.79 Å². The minimum absolute atomic E-state index is 0. The Bertz CT molecular complexity index is 466. The second-order valence-electron chi connectivity index (χ2n) is 4.71. The van der Waals surface area contributed by atoms with E-state index in [0.29, 0.717) is 15.8 Å². The molecule has 0 radical (unpaired) electrons. The molecule has 1 saturated heterocycles. The van der Waals surface area contributed by atoms with Crippen LogP contribution >= 0.6 is 47.4 Å². The number of nitrogens with one attached hydrogen (secondary N) is 1. The van der Waals surface area contributed by atoms with Gasteiger partial charge in [-0.1, -0.05) is 29.3 Å². The molecule has 1 aromatic rings. The van der Waals surface area contributed by atoms with E-state index in [-0.39, 0.29) is 18.3 Å². The lowest BCUT2D eigenvalue weighted by atomic mass is 10.2. The number of thioether (sulfide) groups is 1. The highest BCUT2D eigenvalue weighted by atomic mass is 35.5. The number of hydrogen-bond acceptors (Lipinski definition) is 3. The molecule has 1 heterocycles. The Morgan fingerprint density at radius 1 is 1.29 bits per heavy atom. The van der Waals surface area contributed by atoms with Crippen LogP contribution in [0, 0.1) is 0 Å². The third kappa shape index (κ3) is 6.25. The van der Waals surface area contributed by atoms with Gasteiger partial charge in [0.1, 0.15) is 0 Å². The van der Waals surface area contributed by atoms with Crippen molar-refractivity contribution in [2.45, 2.75) is 12.2 Å². The Morgan fingerprint density at radius 3 is 2.86 bits per heavy atom. The number of benzene rings is 1. The average molecular weight is 370 g/mol. The molecule has 1 aliphatic heterocycles. The van der Waals surface area contributed by atoms with E-state index in [4.69, 9.17) is 23.2 Å². The van der Waals surface area contributed by atoms with Crippen LogP contribution in [-0.2, 0) is 10.5 Å². The maximum Gasteiger partial charge on any atom is 0.232 e. The smallest absolute Gasteiger partial charge is 0.232 e. The molecule has 0 atom stereocenters. The van der Waals surface area contributed by atoms with Gasteiger partial charge in [-0.2, -0.15) is 0 Å². The molecule has 2 rings (SSSR count). The predicted molar refractivity (Wildman–Crippen MR) is 93.9 cm³/mol. The highest BCUT2D eigenvalue weighted by Crippen LogP contribution is 2.24. The molecule has 0 saturated carbocycles. The fourth-order valence-electron chi connectivity index (χ4n) is 2.07. The maximum atomic E-state index is 12.1. The van der Waals surface area contributed by atoms with E-state index in [2.05, 4.69) is 5.32 Å². The van der Waals surface area contributed by atoms with Gasteiger partial charge in [0.05, 0.1) is 5.75 Å². The highest BCUT2D eigenvalue weighted by Gasteiger charge is 2.15. The standard InChI is InChI=1S/C14H18Cl2N2OS.ClH/c15-12-3-2-11(13(16)8-12)9-20-10-14(19)18-6-1-4-17-5-7-18;/h2-3,8,17H,1,4-7,9-10H2;1H. The first-order valence-corrected chi connectivity index (χ1v) is 8.58. The Kier molecular flexibility index (Phi) is 8.83. The van der Waals surface area contributed by atoms with Crippen molar-refractivity contribution in [2.75, 3.05) is 31.9 Å². The number of amides is 1. The summed E-state index contributed by atoms with van der Waals surface area (Å²) in [7, 11) is 0. The molecular weight excluding hydrogens is 351 g/mol. The normalized spacial score (nSPS) is 15.2. The molecule has 7 heteroatoms. The van der Waals surface area contributed by atoms with E-state index in [0.717, 1.165) is 43.9 Å². The highest BCUT2D eigenvalue weighted by molar-refractivity contribution is 7.99. The van der Waals surface area contributed by atoms with E-state index in [1.807, 2.05) is 17.0 Å². The Labute approximate surface area is 146 Å². The number of carbonyl (C=O) groups excluding carboxylic acids is 1. The van der Waals surface area contributed by atoms with Crippen LogP contribution < -0.4 is 5.32 Å². The molecule has 21 heavy (non-hydrogen) atoms. The minimum atomic E-state index is 0. The lowest BCUT2D eigenvalue weighted by Crippen LogP contribution is -2.35. The van der Waals surface area contributed by atoms with E-state index < -0.39 is 0 Å². The van der Waals surface area contributed by atoms with Gasteiger partial charge in [0.2, 0.25) is 5.91 Å². The summed E-state index contributed by atoms with van der Waals surface area (Å²) in [6, 6.07) is 5.48. The van der Waals surface area contributed by atoms with Crippen LogP contribution in [0.5, 0.6) is 0 Å². The average Bonchev–Trinajstić information content (AvgIpc) is 2.70. The lowest BCUT2D eigenvalue weighted by molar-refractivity contribution is -0.128. The van der Waals surface area contributed by atoms with Crippen LogP contribution in [0.25, 0.3) is 0 Å².